The Morgan fingerprint density at radius 1 is 1.33 bits per heavy atom. The minimum Gasteiger partial charge on any atom is -0.496 e. The zero-order valence-corrected chi connectivity index (χ0v) is 12.5. The van der Waals surface area contributed by atoms with Gasteiger partial charge in [-0.15, -0.1) is 0 Å². The largest absolute Gasteiger partial charge is 0.496 e. The Morgan fingerprint density at radius 3 is 2.62 bits per heavy atom. The molecule has 0 spiro atoms. The molecule has 6 nitrogen and oxygen atoms in total. The van der Waals surface area contributed by atoms with E-state index in [-0.39, 0.29) is 18.4 Å². The van der Waals surface area contributed by atoms with Gasteiger partial charge in [-0.05, 0) is 25.0 Å². The Hall–Kier alpha value is -2.24. The van der Waals surface area contributed by atoms with Crippen LogP contribution in [0.25, 0.3) is 0 Å². The number of rotatable bonds is 4. The number of hydrogen-bond acceptors (Lipinski definition) is 4. The van der Waals surface area contributed by atoms with Gasteiger partial charge in [0.2, 0.25) is 5.91 Å². The van der Waals surface area contributed by atoms with Crippen LogP contribution in [0.3, 0.4) is 0 Å². The van der Waals surface area contributed by atoms with E-state index in [0.717, 1.165) is 25.9 Å². The number of amides is 2. The summed E-state index contributed by atoms with van der Waals surface area (Å²) in [5.41, 5.74) is 6.61. The minimum atomic E-state index is -0.251. The van der Waals surface area contributed by atoms with Gasteiger partial charge in [-0.3, -0.25) is 9.59 Å². The van der Waals surface area contributed by atoms with Crippen molar-refractivity contribution in [1.29, 1.82) is 0 Å². The lowest BCUT2D eigenvalue weighted by Crippen LogP contribution is -2.39. The van der Waals surface area contributed by atoms with E-state index >= 15 is 0 Å². The van der Waals surface area contributed by atoms with Crippen molar-refractivity contribution in [3.63, 3.8) is 0 Å². The maximum absolute atomic E-state index is 12.4. The number of benzene rings is 1. The Morgan fingerprint density at radius 2 is 2.00 bits per heavy atom. The third kappa shape index (κ3) is 3.45. The fourth-order valence-electron chi connectivity index (χ4n) is 2.43. The molecule has 0 saturated carbocycles. The van der Waals surface area contributed by atoms with Crippen LogP contribution >= 0.6 is 0 Å². The smallest absolute Gasteiger partial charge is 0.257 e. The van der Waals surface area contributed by atoms with E-state index in [1.807, 2.05) is 0 Å². The molecule has 0 aliphatic carbocycles. The lowest BCUT2D eigenvalue weighted by molar-refractivity contribution is -0.130. The number of likely N-dealkylation sites (N-methyl/N-ethyl adjacent to an activating group) is 1. The SMILES string of the molecule is COc1cc(N)ccc1C(=O)N(C)CC(=O)N1CCCC1. The number of nitrogen functional groups attached to an aromatic ring is 1. The molecule has 1 aromatic rings. The number of hydrogen-bond donors (Lipinski definition) is 1. The van der Waals surface area contributed by atoms with Crippen LogP contribution < -0.4 is 10.5 Å². The van der Waals surface area contributed by atoms with Gasteiger partial charge in [0.15, 0.2) is 0 Å². The van der Waals surface area contributed by atoms with Gasteiger partial charge in [0.1, 0.15) is 5.75 Å². The molecule has 2 N–H and O–H groups in total. The predicted octanol–water partition coefficient (Wildman–Crippen LogP) is 0.972. The lowest BCUT2D eigenvalue weighted by Gasteiger charge is -2.22. The Labute approximate surface area is 124 Å². The van der Waals surface area contributed by atoms with Gasteiger partial charge in [-0.25, -0.2) is 0 Å². The number of likely N-dealkylation sites (tertiary alicyclic amines) is 1. The summed E-state index contributed by atoms with van der Waals surface area (Å²) in [7, 11) is 3.10. The molecule has 0 aromatic heterocycles. The summed E-state index contributed by atoms with van der Waals surface area (Å²) in [4.78, 5) is 27.7. The number of carbonyl (C=O) groups excluding carboxylic acids is 2. The fraction of sp³-hybridized carbons (Fsp3) is 0.467. The van der Waals surface area contributed by atoms with Gasteiger partial charge in [-0.1, -0.05) is 0 Å². The van der Waals surface area contributed by atoms with E-state index in [2.05, 4.69) is 0 Å². The molecule has 0 unspecified atom stereocenters. The van der Waals surface area contributed by atoms with Crippen molar-refractivity contribution in [1.82, 2.24) is 9.80 Å². The van der Waals surface area contributed by atoms with Crippen LogP contribution in [-0.2, 0) is 4.79 Å². The summed E-state index contributed by atoms with van der Waals surface area (Å²) in [6, 6.07) is 4.86. The van der Waals surface area contributed by atoms with E-state index in [0.29, 0.717) is 17.0 Å². The highest BCUT2D eigenvalue weighted by Gasteiger charge is 2.23. The van der Waals surface area contributed by atoms with Gasteiger partial charge < -0.3 is 20.3 Å². The number of carbonyl (C=O) groups is 2. The Bertz CT molecular complexity index is 539. The molecule has 0 bridgehead atoms. The van der Waals surface area contributed by atoms with Crippen LogP contribution in [0.2, 0.25) is 0 Å². The summed E-state index contributed by atoms with van der Waals surface area (Å²) >= 11 is 0. The third-order valence-corrected chi connectivity index (χ3v) is 3.63. The topological polar surface area (TPSA) is 75.9 Å². The number of ether oxygens (including phenoxy) is 1. The lowest BCUT2D eigenvalue weighted by atomic mass is 10.1. The van der Waals surface area contributed by atoms with Gasteiger partial charge in [0, 0.05) is 31.9 Å². The zero-order chi connectivity index (χ0) is 15.4. The van der Waals surface area contributed by atoms with Crippen molar-refractivity contribution in [2.75, 3.05) is 39.5 Å². The number of methoxy groups -OCH3 is 1. The van der Waals surface area contributed by atoms with Crippen LogP contribution in [-0.4, -0.2) is 55.4 Å². The van der Waals surface area contributed by atoms with Gasteiger partial charge in [0.05, 0.1) is 19.2 Å². The van der Waals surface area contributed by atoms with E-state index in [9.17, 15) is 9.59 Å². The van der Waals surface area contributed by atoms with Crippen molar-refractivity contribution < 1.29 is 14.3 Å². The van der Waals surface area contributed by atoms with E-state index in [1.54, 1.807) is 30.1 Å². The maximum Gasteiger partial charge on any atom is 0.257 e. The summed E-state index contributed by atoms with van der Waals surface area (Å²) in [5.74, 6) is 0.151. The van der Waals surface area contributed by atoms with E-state index in [4.69, 9.17) is 10.5 Å². The molecule has 1 saturated heterocycles. The van der Waals surface area contributed by atoms with Gasteiger partial charge >= 0.3 is 0 Å². The van der Waals surface area contributed by atoms with Crippen LogP contribution in [0.1, 0.15) is 23.2 Å². The van der Waals surface area contributed by atoms with Gasteiger partial charge in [0.25, 0.3) is 5.91 Å². The molecule has 0 radical (unpaired) electrons. The predicted molar refractivity (Wildman–Crippen MR) is 80.2 cm³/mol. The van der Waals surface area contributed by atoms with Gasteiger partial charge in [-0.2, -0.15) is 0 Å². The first-order chi connectivity index (χ1) is 10.0. The Balaban J connectivity index is 2.06. The maximum atomic E-state index is 12.4. The highest BCUT2D eigenvalue weighted by atomic mass is 16.5. The second-order valence-electron chi connectivity index (χ2n) is 5.21. The molecule has 21 heavy (non-hydrogen) atoms. The monoisotopic (exact) mass is 291 g/mol. The zero-order valence-electron chi connectivity index (χ0n) is 12.5. The van der Waals surface area contributed by atoms with Crippen molar-refractivity contribution in [3.8, 4) is 5.75 Å². The number of nitrogens with zero attached hydrogens (tertiary/aromatic N) is 2. The number of nitrogens with two attached hydrogens (primary N) is 1. The molecule has 2 rings (SSSR count). The molecule has 1 aliphatic rings. The summed E-state index contributed by atoms with van der Waals surface area (Å²) in [6.07, 6.45) is 2.07. The second-order valence-corrected chi connectivity index (χ2v) is 5.21. The molecule has 0 atom stereocenters. The van der Waals surface area contributed by atoms with Crippen LogP contribution in [0, 0.1) is 0 Å². The molecule has 1 aliphatic heterocycles. The van der Waals surface area contributed by atoms with Crippen LogP contribution in [0.5, 0.6) is 5.75 Å². The highest BCUT2D eigenvalue weighted by Crippen LogP contribution is 2.22. The first-order valence-corrected chi connectivity index (χ1v) is 6.99. The van der Waals surface area contributed by atoms with Crippen molar-refractivity contribution >= 4 is 17.5 Å². The highest BCUT2D eigenvalue weighted by molar-refractivity contribution is 5.99. The molecule has 114 valence electrons. The summed E-state index contributed by atoms with van der Waals surface area (Å²) in [5, 5.41) is 0. The standard InChI is InChI=1S/C15H21N3O3/c1-17(10-14(19)18-7-3-4-8-18)15(20)12-6-5-11(16)9-13(12)21-2/h5-6,9H,3-4,7-8,10,16H2,1-2H3. The molecule has 6 heteroatoms. The second kappa shape index (κ2) is 6.47. The molecule has 1 heterocycles. The van der Waals surface area contributed by atoms with E-state index in [1.165, 1.54) is 12.0 Å². The minimum absolute atomic E-state index is 0.0160. The number of anilines is 1. The average Bonchev–Trinajstić information content (AvgIpc) is 3.00. The average molecular weight is 291 g/mol. The molecule has 1 aromatic carbocycles. The van der Waals surface area contributed by atoms with Crippen LogP contribution in [0.4, 0.5) is 5.69 Å². The van der Waals surface area contributed by atoms with Crippen molar-refractivity contribution in [2.45, 2.75) is 12.8 Å². The molecule has 1 fully saturated rings. The molecule has 2 amide bonds. The molecular formula is C15H21N3O3. The Kier molecular flexibility index (Phi) is 4.67. The summed E-state index contributed by atoms with van der Waals surface area (Å²) < 4.78 is 5.18. The quantitative estimate of drug-likeness (QED) is 0.839. The normalized spacial score (nSPS) is 14.1. The van der Waals surface area contributed by atoms with Crippen LogP contribution in [0.15, 0.2) is 18.2 Å². The van der Waals surface area contributed by atoms with E-state index < -0.39 is 0 Å². The summed E-state index contributed by atoms with van der Waals surface area (Å²) in [6.45, 7) is 1.64. The van der Waals surface area contributed by atoms with Crippen molar-refractivity contribution in [2.24, 2.45) is 0 Å². The fourth-order valence-corrected chi connectivity index (χ4v) is 2.43. The molecular weight excluding hydrogens is 270 g/mol. The first kappa shape index (κ1) is 15.2. The van der Waals surface area contributed by atoms with Crippen molar-refractivity contribution in [3.05, 3.63) is 23.8 Å². The third-order valence-electron chi connectivity index (χ3n) is 3.63. The first-order valence-electron chi connectivity index (χ1n) is 6.99.